The van der Waals surface area contributed by atoms with Gasteiger partial charge in [0.15, 0.2) is 0 Å². The third-order valence-electron chi connectivity index (χ3n) is 4.50. The summed E-state index contributed by atoms with van der Waals surface area (Å²) in [6.45, 7) is 0.0856. The van der Waals surface area contributed by atoms with Gasteiger partial charge in [0.2, 0.25) is 0 Å². The van der Waals surface area contributed by atoms with Crippen LogP contribution in [0, 0.1) is 10.1 Å². The Bertz CT molecular complexity index is 1250. The molecule has 3 rings (SSSR count). The Morgan fingerprint density at radius 3 is 2.30 bits per heavy atom. The minimum Gasteiger partial charge on any atom is -0.425 e. The lowest BCUT2D eigenvalue weighted by Crippen LogP contribution is -2.35. The quantitative estimate of drug-likeness (QED) is 0.181. The zero-order valence-electron chi connectivity index (χ0n) is 19.2. The van der Waals surface area contributed by atoms with Crippen LogP contribution in [-0.2, 0) is 14.1 Å². The smallest absolute Gasteiger partial charge is 0.425 e. The molecule has 1 aliphatic rings. The fraction of sp³-hybridized carbons (Fsp3) is 0.174. The predicted molar refractivity (Wildman–Crippen MR) is 126 cm³/mol. The summed E-state index contributed by atoms with van der Waals surface area (Å²) in [5, 5.41) is 13.3. The van der Waals surface area contributed by atoms with Crippen molar-refractivity contribution in [1.29, 1.82) is 0 Å². The van der Waals surface area contributed by atoms with Gasteiger partial charge in [-0.3, -0.25) is 10.1 Å². The van der Waals surface area contributed by atoms with E-state index in [9.17, 15) is 32.6 Å². The molecule has 1 N–H and O–H groups in total. The van der Waals surface area contributed by atoms with Gasteiger partial charge in [0.25, 0.3) is 5.69 Å². The van der Waals surface area contributed by atoms with Gasteiger partial charge in [-0.15, -0.1) is 0 Å². The van der Waals surface area contributed by atoms with Crippen LogP contribution in [0.15, 0.2) is 91.0 Å². The lowest BCUT2D eigenvalue weighted by Gasteiger charge is -2.23. The summed E-state index contributed by atoms with van der Waals surface area (Å²) in [5.41, 5.74) is -0.219. The second kappa shape index (κ2) is 11.8. The summed E-state index contributed by atoms with van der Waals surface area (Å²) >= 11 is 0. The van der Waals surface area contributed by atoms with E-state index in [0.29, 0.717) is 0 Å². The van der Waals surface area contributed by atoms with E-state index >= 15 is 0 Å². The number of nitrogens with zero attached hydrogens (tertiary/aromatic N) is 2. The van der Waals surface area contributed by atoms with Crippen molar-refractivity contribution in [2.75, 3.05) is 6.54 Å². The minimum absolute atomic E-state index is 0.0396. The van der Waals surface area contributed by atoms with Crippen LogP contribution in [-0.4, -0.2) is 34.6 Å². The first-order valence-corrected chi connectivity index (χ1v) is 12.1. The first-order valence-electron chi connectivity index (χ1n) is 10.6. The Balaban J connectivity index is 1.72. The molecule has 2 atom stereocenters. The maximum atomic E-state index is 13.6. The molecule has 2 unspecified atom stereocenters. The second-order valence-electron chi connectivity index (χ2n) is 7.53. The second-order valence-corrected chi connectivity index (χ2v) is 9.15. The van der Waals surface area contributed by atoms with Crippen LogP contribution in [0.4, 0.5) is 18.9 Å². The van der Waals surface area contributed by atoms with E-state index in [4.69, 9.17) is 13.8 Å². The molecule has 0 bridgehead atoms. The molecule has 14 heteroatoms. The number of nitro groups is 1. The van der Waals surface area contributed by atoms with E-state index in [2.05, 4.69) is 5.09 Å². The molecular weight excluding hydrogens is 518 g/mol. The van der Waals surface area contributed by atoms with Gasteiger partial charge in [-0.05, 0) is 49.4 Å². The Labute approximate surface area is 209 Å². The van der Waals surface area contributed by atoms with Gasteiger partial charge >= 0.3 is 19.9 Å². The zero-order valence-corrected chi connectivity index (χ0v) is 20.1. The lowest BCUT2D eigenvalue weighted by atomic mass is 10.3. The summed E-state index contributed by atoms with van der Waals surface area (Å²) in [7, 11) is -4.31. The van der Waals surface area contributed by atoms with Gasteiger partial charge in [0.1, 0.15) is 29.8 Å². The fourth-order valence-corrected chi connectivity index (χ4v) is 4.38. The molecule has 2 aromatic rings. The molecule has 1 heterocycles. The molecule has 2 aromatic carbocycles. The number of carbonyl (C=O) groups is 1. The molecule has 0 radical (unpaired) electrons. The van der Waals surface area contributed by atoms with Crippen LogP contribution in [0.2, 0.25) is 0 Å². The standard InChI is InChI=1S/C23H21F3N3O7P/c1-17(22(30)34-19-8-5-14-28(15-13-19)16-23(24,25)26)27-37(33,35-20-6-3-2-4-7-20)36-21-11-9-18(10-12-21)29(31)32/h2-15,17H,16H2,1H3,(H,27,33). The third-order valence-corrected chi connectivity index (χ3v) is 6.10. The van der Waals surface area contributed by atoms with Crippen LogP contribution in [0.3, 0.4) is 0 Å². The Morgan fingerprint density at radius 1 is 1.08 bits per heavy atom. The van der Waals surface area contributed by atoms with Gasteiger partial charge < -0.3 is 18.7 Å². The van der Waals surface area contributed by atoms with Crippen LogP contribution in [0.25, 0.3) is 0 Å². The number of allylic oxidation sites excluding steroid dienone is 3. The molecular formula is C23H21F3N3O7P. The highest BCUT2D eigenvalue weighted by molar-refractivity contribution is 7.52. The SMILES string of the molecule is CC(NP(=O)(Oc1ccccc1)Oc1ccc([N+](=O)[O-])cc1)C(=O)OC1=CC=CN(CC(F)(F)F)C=C1. The van der Waals surface area contributed by atoms with Gasteiger partial charge in [-0.1, -0.05) is 18.2 Å². The molecule has 0 amide bonds. The van der Waals surface area contributed by atoms with Crippen molar-refractivity contribution in [2.45, 2.75) is 19.1 Å². The molecule has 37 heavy (non-hydrogen) atoms. The zero-order chi connectivity index (χ0) is 27.1. The highest BCUT2D eigenvalue weighted by Gasteiger charge is 2.34. The third kappa shape index (κ3) is 8.81. The van der Waals surface area contributed by atoms with Crippen molar-refractivity contribution in [2.24, 2.45) is 0 Å². The Hall–Kier alpha value is -4.09. The number of hydrogen-bond acceptors (Lipinski definition) is 8. The maximum Gasteiger partial charge on any atom is 0.513 e. The van der Waals surface area contributed by atoms with Crippen LogP contribution in [0.1, 0.15) is 6.92 Å². The first kappa shape index (κ1) is 27.5. The molecule has 1 aliphatic heterocycles. The molecule has 0 fully saturated rings. The Kier molecular flexibility index (Phi) is 8.74. The molecule has 0 aliphatic carbocycles. The van der Waals surface area contributed by atoms with Crippen LogP contribution in [0.5, 0.6) is 11.5 Å². The van der Waals surface area contributed by atoms with Crippen molar-refractivity contribution in [3.63, 3.8) is 0 Å². The van der Waals surface area contributed by atoms with Gasteiger partial charge in [0, 0.05) is 24.5 Å². The monoisotopic (exact) mass is 539 g/mol. The summed E-state index contributed by atoms with van der Waals surface area (Å²) in [6.07, 6.45) is 1.54. The van der Waals surface area contributed by atoms with E-state index in [1.807, 2.05) is 0 Å². The summed E-state index contributed by atoms with van der Waals surface area (Å²) < 4.78 is 67.6. The number of carbonyl (C=O) groups excluding carboxylic acids is 1. The van der Waals surface area contributed by atoms with Crippen LogP contribution >= 0.6 is 7.75 Å². The lowest BCUT2D eigenvalue weighted by molar-refractivity contribution is -0.384. The van der Waals surface area contributed by atoms with E-state index in [1.54, 1.807) is 18.2 Å². The molecule has 0 saturated carbocycles. The molecule has 196 valence electrons. The fourth-order valence-electron chi connectivity index (χ4n) is 2.86. The number of ether oxygens (including phenoxy) is 1. The van der Waals surface area contributed by atoms with Crippen molar-refractivity contribution in [3.8, 4) is 11.5 Å². The number of halogens is 3. The number of rotatable bonds is 10. The van der Waals surface area contributed by atoms with E-state index in [1.165, 1.54) is 49.4 Å². The molecule has 10 nitrogen and oxygen atoms in total. The highest BCUT2D eigenvalue weighted by Crippen LogP contribution is 2.45. The topological polar surface area (TPSA) is 120 Å². The van der Waals surface area contributed by atoms with Crippen LogP contribution < -0.4 is 14.1 Å². The normalized spacial score (nSPS) is 15.7. The molecule has 0 saturated heterocycles. The predicted octanol–water partition coefficient (Wildman–Crippen LogP) is 5.47. The molecule has 0 aromatic heterocycles. The van der Waals surface area contributed by atoms with E-state index < -0.39 is 37.4 Å². The number of non-ortho nitro benzene ring substituents is 1. The van der Waals surface area contributed by atoms with E-state index in [0.717, 1.165) is 29.4 Å². The van der Waals surface area contributed by atoms with E-state index in [-0.39, 0.29) is 22.9 Å². The highest BCUT2D eigenvalue weighted by atomic mass is 31.2. The minimum atomic E-state index is -4.43. The number of nitrogens with one attached hydrogen (secondary N) is 1. The number of alkyl halides is 3. The number of para-hydroxylation sites is 1. The van der Waals surface area contributed by atoms with Crippen molar-refractivity contribution >= 4 is 19.4 Å². The largest absolute Gasteiger partial charge is 0.513 e. The number of nitro benzene ring substituents is 1. The van der Waals surface area contributed by atoms with Crippen molar-refractivity contribution in [3.05, 3.63) is 101 Å². The summed E-state index contributed by atoms with van der Waals surface area (Å²) in [6, 6.07) is 11.3. The first-order chi connectivity index (χ1) is 17.4. The Morgan fingerprint density at radius 2 is 1.70 bits per heavy atom. The molecule has 0 spiro atoms. The van der Waals surface area contributed by atoms with Gasteiger partial charge in [0.05, 0.1) is 4.92 Å². The maximum absolute atomic E-state index is 13.6. The number of esters is 1. The average Bonchev–Trinajstić information content (AvgIpc) is 3.03. The van der Waals surface area contributed by atoms with Gasteiger partial charge in [-0.2, -0.15) is 18.3 Å². The average molecular weight is 539 g/mol. The van der Waals surface area contributed by atoms with Crippen molar-refractivity contribution in [1.82, 2.24) is 9.99 Å². The summed E-state index contributed by atoms with van der Waals surface area (Å²) in [4.78, 5) is 23.8. The van der Waals surface area contributed by atoms with Crippen molar-refractivity contribution < 1.29 is 41.2 Å². The number of benzene rings is 2. The van der Waals surface area contributed by atoms with Gasteiger partial charge in [-0.25, -0.2) is 9.36 Å². The number of hydrogen-bond donors (Lipinski definition) is 1. The summed E-state index contributed by atoms with van der Waals surface area (Å²) in [5.74, 6) is -0.889.